The van der Waals surface area contributed by atoms with Crippen molar-refractivity contribution in [1.82, 2.24) is 4.90 Å². The van der Waals surface area contributed by atoms with Crippen molar-refractivity contribution in [2.24, 2.45) is 0 Å². The van der Waals surface area contributed by atoms with E-state index in [2.05, 4.69) is 11.8 Å². The number of nitrogens with zero attached hydrogens (tertiary/aromatic N) is 1. The van der Waals surface area contributed by atoms with Gasteiger partial charge in [-0.15, -0.1) is 0 Å². The molecule has 3 nitrogen and oxygen atoms in total. The second kappa shape index (κ2) is 4.17. The molecule has 0 aromatic rings. The van der Waals surface area contributed by atoms with Gasteiger partial charge in [-0.3, -0.25) is 4.90 Å². The molecule has 0 bridgehead atoms. The summed E-state index contributed by atoms with van der Waals surface area (Å²) < 4.78 is 0. The number of piperidine rings is 1. The lowest BCUT2D eigenvalue weighted by Gasteiger charge is -2.41. The fraction of sp³-hybridized carbons (Fsp3) is 1.00. The van der Waals surface area contributed by atoms with Crippen LogP contribution in [0.2, 0.25) is 0 Å². The van der Waals surface area contributed by atoms with Gasteiger partial charge in [0.15, 0.2) is 0 Å². The summed E-state index contributed by atoms with van der Waals surface area (Å²) in [7, 11) is 0. The third kappa shape index (κ3) is 1.81. The Morgan fingerprint density at radius 1 is 1.00 bits per heavy atom. The molecule has 1 saturated carbocycles. The van der Waals surface area contributed by atoms with Crippen LogP contribution in [0.5, 0.6) is 0 Å². The molecule has 4 atom stereocenters. The fourth-order valence-corrected chi connectivity index (χ4v) is 2.92. The second-order valence-corrected chi connectivity index (χ2v) is 4.75. The normalized spacial score (nSPS) is 45.6. The van der Waals surface area contributed by atoms with E-state index < -0.39 is 0 Å². The minimum Gasteiger partial charge on any atom is -0.392 e. The van der Waals surface area contributed by atoms with E-state index in [1.165, 1.54) is 0 Å². The minimum atomic E-state index is -0.198. The summed E-state index contributed by atoms with van der Waals surface area (Å²) in [4.78, 5) is 2.31. The number of likely N-dealkylation sites (tertiary alicyclic amines) is 1. The molecule has 1 saturated heterocycles. The number of hydrogen-bond acceptors (Lipinski definition) is 3. The summed E-state index contributed by atoms with van der Waals surface area (Å²) in [6, 6.07) is 0.529. The molecule has 0 aromatic heterocycles. The highest BCUT2D eigenvalue weighted by atomic mass is 16.3. The predicted octanol–water partition coefficient (Wildman–Crippen LogP) is 0.745. The first-order valence-corrected chi connectivity index (χ1v) is 5.82. The van der Waals surface area contributed by atoms with Gasteiger partial charge in [0.25, 0.3) is 0 Å². The van der Waals surface area contributed by atoms with Gasteiger partial charge in [-0.2, -0.15) is 0 Å². The topological polar surface area (TPSA) is 43.7 Å². The lowest BCUT2D eigenvalue weighted by molar-refractivity contribution is -0.0307. The van der Waals surface area contributed by atoms with Crippen LogP contribution in [0.1, 0.15) is 39.0 Å². The Kier molecular flexibility index (Phi) is 3.10. The Balaban J connectivity index is 2.01. The summed E-state index contributed by atoms with van der Waals surface area (Å²) in [6.45, 7) is 3.12. The first kappa shape index (κ1) is 10.4. The number of aliphatic hydroxyl groups is 2. The van der Waals surface area contributed by atoms with E-state index in [9.17, 15) is 10.2 Å². The third-order valence-corrected chi connectivity index (χ3v) is 3.87. The maximum Gasteiger partial charge on any atom is 0.0695 e. The highest BCUT2D eigenvalue weighted by Crippen LogP contribution is 2.29. The average Bonchev–Trinajstić information content (AvgIpc) is 2.57. The van der Waals surface area contributed by atoms with Gasteiger partial charge >= 0.3 is 0 Å². The molecule has 14 heavy (non-hydrogen) atoms. The molecule has 2 unspecified atom stereocenters. The molecule has 1 aliphatic heterocycles. The molecule has 2 N–H and O–H groups in total. The Bertz CT molecular complexity index is 198. The molecule has 2 rings (SSSR count). The molecule has 82 valence electrons. The van der Waals surface area contributed by atoms with Crippen molar-refractivity contribution in [2.45, 2.75) is 63.3 Å². The van der Waals surface area contributed by atoms with Gasteiger partial charge in [0.1, 0.15) is 0 Å². The van der Waals surface area contributed by atoms with Crippen LogP contribution >= 0.6 is 0 Å². The quantitative estimate of drug-likeness (QED) is 0.655. The van der Waals surface area contributed by atoms with E-state index in [4.69, 9.17) is 0 Å². The van der Waals surface area contributed by atoms with Gasteiger partial charge in [0.2, 0.25) is 0 Å². The monoisotopic (exact) mass is 199 g/mol. The Hall–Kier alpha value is -0.120. The van der Waals surface area contributed by atoms with Gasteiger partial charge in [-0.1, -0.05) is 0 Å². The zero-order valence-corrected chi connectivity index (χ0v) is 8.89. The van der Waals surface area contributed by atoms with Crippen molar-refractivity contribution in [3.63, 3.8) is 0 Å². The van der Waals surface area contributed by atoms with Crippen LogP contribution < -0.4 is 0 Å². The van der Waals surface area contributed by atoms with Crippen LogP contribution in [-0.4, -0.2) is 45.9 Å². The molecule has 2 aliphatic rings. The summed E-state index contributed by atoms with van der Waals surface area (Å²) in [5, 5.41) is 19.6. The SMILES string of the molecule is CC1C(O)CCCN1[C@@H]1CCC[C@H]1O. The molecule has 1 aliphatic carbocycles. The largest absolute Gasteiger partial charge is 0.392 e. The van der Waals surface area contributed by atoms with Gasteiger partial charge in [-0.05, 0) is 45.6 Å². The van der Waals surface area contributed by atoms with Crippen molar-refractivity contribution >= 4 is 0 Å². The van der Waals surface area contributed by atoms with Crippen LogP contribution in [-0.2, 0) is 0 Å². The van der Waals surface area contributed by atoms with Crippen molar-refractivity contribution in [3.8, 4) is 0 Å². The van der Waals surface area contributed by atoms with E-state index in [1.54, 1.807) is 0 Å². The van der Waals surface area contributed by atoms with Crippen molar-refractivity contribution in [3.05, 3.63) is 0 Å². The molecule has 2 fully saturated rings. The highest BCUT2D eigenvalue weighted by Gasteiger charge is 2.36. The summed E-state index contributed by atoms with van der Waals surface area (Å²) in [5.74, 6) is 0. The van der Waals surface area contributed by atoms with E-state index in [0.717, 1.165) is 38.6 Å². The fourth-order valence-electron chi connectivity index (χ4n) is 2.92. The Labute approximate surface area is 85.7 Å². The van der Waals surface area contributed by atoms with Crippen molar-refractivity contribution in [1.29, 1.82) is 0 Å². The molecular formula is C11H21NO2. The highest BCUT2D eigenvalue weighted by molar-refractivity contribution is 4.91. The first-order chi connectivity index (χ1) is 6.70. The minimum absolute atomic E-state index is 0.164. The smallest absolute Gasteiger partial charge is 0.0695 e. The van der Waals surface area contributed by atoms with E-state index in [1.807, 2.05) is 0 Å². The lowest BCUT2D eigenvalue weighted by Crippen LogP contribution is -2.53. The standard InChI is InChI=1S/C11H21NO2/c1-8-10(13)6-3-7-12(8)9-4-2-5-11(9)14/h8-11,13-14H,2-7H2,1H3/t8?,9-,10?,11-/m1/s1. The second-order valence-electron chi connectivity index (χ2n) is 4.75. The summed E-state index contributed by atoms with van der Waals surface area (Å²) in [6.07, 6.45) is 4.78. The molecular weight excluding hydrogens is 178 g/mol. The maximum absolute atomic E-state index is 9.82. The zero-order valence-electron chi connectivity index (χ0n) is 8.89. The lowest BCUT2D eigenvalue weighted by atomic mass is 9.97. The van der Waals surface area contributed by atoms with Crippen LogP contribution in [0.25, 0.3) is 0 Å². The van der Waals surface area contributed by atoms with Crippen LogP contribution in [0.4, 0.5) is 0 Å². The van der Waals surface area contributed by atoms with Gasteiger partial charge in [0, 0.05) is 12.1 Å². The summed E-state index contributed by atoms with van der Waals surface area (Å²) >= 11 is 0. The van der Waals surface area contributed by atoms with E-state index in [-0.39, 0.29) is 18.2 Å². The first-order valence-electron chi connectivity index (χ1n) is 5.82. The number of rotatable bonds is 1. The van der Waals surface area contributed by atoms with Crippen LogP contribution in [0, 0.1) is 0 Å². The molecule has 3 heteroatoms. The average molecular weight is 199 g/mol. The molecule has 0 amide bonds. The number of aliphatic hydroxyl groups excluding tert-OH is 2. The van der Waals surface area contributed by atoms with Crippen molar-refractivity contribution in [2.75, 3.05) is 6.54 Å². The predicted molar refractivity (Wildman–Crippen MR) is 55.1 cm³/mol. The van der Waals surface area contributed by atoms with E-state index in [0.29, 0.717) is 6.04 Å². The molecule has 1 heterocycles. The van der Waals surface area contributed by atoms with Gasteiger partial charge in [0.05, 0.1) is 12.2 Å². The van der Waals surface area contributed by atoms with E-state index >= 15 is 0 Å². The summed E-state index contributed by atoms with van der Waals surface area (Å²) in [5.41, 5.74) is 0. The maximum atomic E-state index is 9.82. The molecule has 0 spiro atoms. The Morgan fingerprint density at radius 3 is 2.36 bits per heavy atom. The Morgan fingerprint density at radius 2 is 1.71 bits per heavy atom. The van der Waals surface area contributed by atoms with Gasteiger partial charge < -0.3 is 10.2 Å². The molecule has 0 aromatic carbocycles. The zero-order chi connectivity index (χ0) is 10.1. The van der Waals surface area contributed by atoms with Crippen molar-refractivity contribution < 1.29 is 10.2 Å². The molecule has 0 radical (unpaired) electrons. The third-order valence-electron chi connectivity index (χ3n) is 3.87. The van der Waals surface area contributed by atoms with Crippen LogP contribution in [0.3, 0.4) is 0 Å². The van der Waals surface area contributed by atoms with Crippen LogP contribution in [0.15, 0.2) is 0 Å². The van der Waals surface area contributed by atoms with Gasteiger partial charge in [-0.25, -0.2) is 0 Å². The number of hydrogen-bond donors (Lipinski definition) is 2.